The van der Waals surface area contributed by atoms with E-state index < -0.39 is 0 Å². The molecule has 1 radical (unpaired) electrons. The first-order valence-corrected chi connectivity index (χ1v) is 6.26. The van der Waals surface area contributed by atoms with Crippen LogP contribution < -0.4 is 0 Å². The summed E-state index contributed by atoms with van der Waals surface area (Å²) >= 11 is 8.16. The highest BCUT2D eigenvalue weighted by Gasteiger charge is 1.97. The fourth-order valence-electron chi connectivity index (χ4n) is 0.549. The lowest BCUT2D eigenvalue weighted by Gasteiger charge is -1.98. The fraction of sp³-hybridized carbons (Fsp3) is 0. The van der Waals surface area contributed by atoms with E-state index in [1.807, 2.05) is 18.2 Å². The Hall–Kier alpha value is 0.620. The van der Waals surface area contributed by atoms with Crippen LogP contribution in [-0.2, 0) is 0 Å². The van der Waals surface area contributed by atoms with Crippen LogP contribution in [0.25, 0.3) is 0 Å². The number of rotatable bonds is 2. The molecule has 1 rings (SSSR count). The van der Waals surface area contributed by atoms with Crippen LogP contribution in [0.5, 0.6) is 0 Å². The Bertz CT molecular complexity index is 188. The lowest BCUT2D eigenvalue weighted by molar-refractivity contribution is 1.26. The van der Waals surface area contributed by atoms with Crippen LogP contribution in [0.3, 0.4) is 0 Å². The molecule has 0 N–H and O–H groups in total. The Balaban J connectivity index is 2.96. The maximum Gasteiger partial charge on any atom is 0.0403 e. The predicted octanol–water partition coefficient (Wildman–Crippen LogP) is 3.36. The first-order valence-electron chi connectivity index (χ1n) is 2.52. The topological polar surface area (TPSA) is 0 Å². The molecule has 0 heterocycles. The molecule has 4 heteroatoms. The molecule has 10 heavy (non-hydrogen) atoms. The second kappa shape index (κ2) is 4.49. The van der Waals surface area contributed by atoms with Gasteiger partial charge >= 0.3 is 0 Å². The van der Waals surface area contributed by atoms with E-state index in [1.165, 1.54) is 21.6 Å². The molecular weight excluding hydrogens is 200 g/mol. The molecule has 0 aliphatic carbocycles. The minimum absolute atomic E-state index is 1.03. The quantitative estimate of drug-likeness (QED) is 0.561. The van der Waals surface area contributed by atoms with Gasteiger partial charge in [0.1, 0.15) is 0 Å². The van der Waals surface area contributed by atoms with E-state index in [1.54, 1.807) is 0 Å². The van der Waals surface area contributed by atoms with Crippen molar-refractivity contribution in [2.45, 2.75) is 9.79 Å². The van der Waals surface area contributed by atoms with Crippen LogP contribution in [0.15, 0.2) is 28.0 Å². The van der Waals surface area contributed by atoms with Crippen molar-refractivity contribution in [2.24, 2.45) is 0 Å². The van der Waals surface area contributed by atoms with Gasteiger partial charge in [-0.05, 0) is 12.1 Å². The van der Waals surface area contributed by atoms with Crippen molar-refractivity contribution >= 4 is 44.9 Å². The Morgan fingerprint density at radius 1 is 1.30 bits per heavy atom. The van der Waals surface area contributed by atoms with Gasteiger partial charge in [-0.3, -0.25) is 0 Å². The summed E-state index contributed by atoms with van der Waals surface area (Å²) in [5.41, 5.74) is 0. The molecule has 1 aromatic carbocycles. The van der Waals surface area contributed by atoms with Crippen LogP contribution in [0.1, 0.15) is 0 Å². The molecule has 0 amide bonds. The van der Waals surface area contributed by atoms with Crippen LogP contribution in [0.2, 0.25) is 0 Å². The third kappa shape index (κ3) is 2.05. The van der Waals surface area contributed by atoms with Gasteiger partial charge in [-0.15, -0.1) is 23.3 Å². The largest absolute Gasteiger partial charge is 0.106 e. The average Bonchev–Trinajstić information content (AvgIpc) is 2.04. The second-order valence-corrected chi connectivity index (χ2v) is 3.85. The maximum atomic E-state index is 4.08. The highest BCUT2D eigenvalue weighted by molar-refractivity contribution is 8.70. The van der Waals surface area contributed by atoms with E-state index in [0.29, 0.717) is 0 Å². The third-order valence-electron chi connectivity index (χ3n) is 0.972. The summed E-state index contributed by atoms with van der Waals surface area (Å²) in [4.78, 5) is 2.14. The van der Waals surface area contributed by atoms with E-state index in [2.05, 4.69) is 29.4 Å². The first-order chi connectivity index (χ1) is 4.88. The summed E-state index contributed by atoms with van der Waals surface area (Å²) in [6.07, 6.45) is 0. The van der Waals surface area contributed by atoms with Crippen molar-refractivity contribution in [1.82, 2.24) is 0 Å². The van der Waals surface area contributed by atoms with E-state index in [-0.39, 0.29) is 0 Å². The minimum atomic E-state index is 1.03. The third-order valence-corrected chi connectivity index (χ3v) is 3.30. The predicted molar refractivity (Wildman–Crippen MR) is 55.0 cm³/mol. The summed E-state index contributed by atoms with van der Waals surface area (Å²) in [7, 11) is 2.80. The standard InChI is InChI=1S/C6H5S4/c7-9-5-3-1-2-4-6(5)10-8/h1-3,7-8H. The Morgan fingerprint density at radius 2 is 2.10 bits per heavy atom. The lowest BCUT2D eigenvalue weighted by Crippen LogP contribution is -1.71. The van der Waals surface area contributed by atoms with E-state index in [9.17, 15) is 0 Å². The van der Waals surface area contributed by atoms with Crippen molar-refractivity contribution < 1.29 is 0 Å². The highest BCUT2D eigenvalue weighted by atomic mass is 33.1. The fourth-order valence-corrected chi connectivity index (χ4v) is 2.64. The minimum Gasteiger partial charge on any atom is -0.106 e. The SMILES string of the molecule is SSc1[c]cccc1SS. The van der Waals surface area contributed by atoms with Crippen LogP contribution in [-0.4, -0.2) is 0 Å². The number of hydrogen-bond donors (Lipinski definition) is 2. The zero-order valence-corrected chi connectivity index (χ0v) is 8.36. The van der Waals surface area contributed by atoms with Gasteiger partial charge in [-0.25, -0.2) is 0 Å². The number of hydrogen-bond acceptors (Lipinski definition) is 4. The summed E-state index contributed by atoms with van der Waals surface area (Å²) < 4.78 is 0. The molecule has 0 bridgehead atoms. The summed E-state index contributed by atoms with van der Waals surface area (Å²) in [5.74, 6) is 0. The monoisotopic (exact) mass is 205 g/mol. The zero-order chi connectivity index (χ0) is 7.40. The van der Waals surface area contributed by atoms with Crippen molar-refractivity contribution in [3.05, 3.63) is 24.3 Å². The van der Waals surface area contributed by atoms with E-state index in [0.717, 1.165) is 9.79 Å². The molecule has 1 aromatic rings. The van der Waals surface area contributed by atoms with Gasteiger partial charge in [-0.2, -0.15) is 0 Å². The van der Waals surface area contributed by atoms with Crippen molar-refractivity contribution in [3.8, 4) is 0 Å². The van der Waals surface area contributed by atoms with Gasteiger partial charge < -0.3 is 0 Å². The maximum absolute atomic E-state index is 4.08. The molecule has 0 saturated heterocycles. The summed E-state index contributed by atoms with van der Waals surface area (Å²) in [6, 6.07) is 8.85. The summed E-state index contributed by atoms with van der Waals surface area (Å²) in [5, 5.41) is 0. The van der Waals surface area contributed by atoms with Gasteiger partial charge in [0.25, 0.3) is 0 Å². The normalized spacial score (nSPS) is 9.80. The van der Waals surface area contributed by atoms with Gasteiger partial charge in [0.2, 0.25) is 0 Å². The van der Waals surface area contributed by atoms with E-state index >= 15 is 0 Å². The van der Waals surface area contributed by atoms with Crippen molar-refractivity contribution in [3.63, 3.8) is 0 Å². The van der Waals surface area contributed by atoms with Crippen molar-refractivity contribution in [1.29, 1.82) is 0 Å². The summed E-state index contributed by atoms with van der Waals surface area (Å²) in [6.45, 7) is 0. The molecule has 0 unspecified atom stereocenters. The van der Waals surface area contributed by atoms with Crippen LogP contribution >= 0.6 is 44.9 Å². The highest BCUT2D eigenvalue weighted by Crippen LogP contribution is 2.33. The molecule has 0 aliphatic heterocycles. The second-order valence-electron chi connectivity index (χ2n) is 1.55. The van der Waals surface area contributed by atoms with Gasteiger partial charge in [0.15, 0.2) is 0 Å². The number of thiol groups is 2. The van der Waals surface area contributed by atoms with Gasteiger partial charge in [-0.1, -0.05) is 33.7 Å². The smallest absolute Gasteiger partial charge is 0.0403 e. The van der Waals surface area contributed by atoms with Gasteiger partial charge in [0, 0.05) is 9.79 Å². The molecule has 0 saturated carbocycles. The average molecular weight is 205 g/mol. The lowest BCUT2D eigenvalue weighted by atomic mass is 10.4. The molecular formula is C6H5S4. The number of benzene rings is 1. The van der Waals surface area contributed by atoms with Crippen molar-refractivity contribution in [2.75, 3.05) is 0 Å². The zero-order valence-electron chi connectivity index (χ0n) is 4.94. The molecule has 0 fully saturated rings. The molecule has 0 atom stereocenters. The van der Waals surface area contributed by atoms with E-state index in [4.69, 9.17) is 0 Å². The Kier molecular flexibility index (Phi) is 3.91. The molecule has 0 nitrogen and oxygen atoms in total. The van der Waals surface area contributed by atoms with Gasteiger partial charge in [0.05, 0.1) is 0 Å². The Morgan fingerprint density at radius 3 is 2.60 bits per heavy atom. The Labute approximate surface area is 78.8 Å². The van der Waals surface area contributed by atoms with Crippen LogP contribution in [0.4, 0.5) is 0 Å². The molecule has 0 aliphatic rings. The van der Waals surface area contributed by atoms with Crippen LogP contribution in [0, 0.1) is 6.07 Å². The molecule has 53 valence electrons. The first kappa shape index (κ1) is 8.71. The molecule has 0 spiro atoms. The molecule has 0 aromatic heterocycles.